The van der Waals surface area contributed by atoms with Crippen molar-refractivity contribution < 1.29 is 4.74 Å². The summed E-state index contributed by atoms with van der Waals surface area (Å²) < 4.78 is 5.40. The fourth-order valence-electron chi connectivity index (χ4n) is 2.44. The van der Waals surface area contributed by atoms with Crippen LogP contribution in [0.5, 0.6) is 6.01 Å². The number of hydrogen-bond acceptors (Lipinski definition) is 6. The lowest BCUT2D eigenvalue weighted by Crippen LogP contribution is -2.27. The maximum absolute atomic E-state index is 5.68. The van der Waals surface area contributed by atoms with Crippen molar-refractivity contribution in [3.8, 4) is 6.01 Å². The molecule has 0 amide bonds. The van der Waals surface area contributed by atoms with Crippen molar-refractivity contribution in [3.63, 3.8) is 0 Å². The monoisotopic (exact) mass is 265 g/mol. The molecule has 106 valence electrons. The molecule has 1 saturated carbocycles. The Morgan fingerprint density at radius 1 is 1.32 bits per heavy atom. The van der Waals surface area contributed by atoms with Crippen molar-refractivity contribution in [1.29, 1.82) is 0 Å². The van der Waals surface area contributed by atoms with Crippen LogP contribution in [0.4, 0.5) is 11.9 Å². The van der Waals surface area contributed by atoms with Crippen LogP contribution in [0, 0.1) is 5.92 Å². The van der Waals surface area contributed by atoms with Gasteiger partial charge in [-0.3, -0.25) is 0 Å². The second-order valence-corrected chi connectivity index (χ2v) is 5.26. The van der Waals surface area contributed by atoms with E-state index in [-0.39, 0.29) is 5.95 Å². The fourth-order valence-corrected chi connectivity index (χ4v) is 2.44. The Bertz CT molecular complexity index is 412. The number of aromatic nitrogens is 3. The van der Waals surface area contributed by atoms with Gasteiger partial charge in [0.15, 0.2) is 0 Å². The Hall–Kier alpha value is -1.59. The van der Waals surface area contributed by atoms with E-state index in [9.17, 15) is 0 Å². The molecule has 3 N–H and O–H groups in total. The molecule has 1 aliphatic rings. The minimum absolute atomic E-state index is 0.201. The van der Waals surface area contributed by atoms with E-state index in [2.05, 4.69) is 27.2 Å². The number of nitrogens with zero attached hydrogens (tertiary/aromatic N) is 3. The molecule has 1 aromatic heterocycles. The molecule has 2 unspecified atom stereocenters. The second kappa shape index (κ2) is 6.54. The predicted molar refractivity (Wildman–Crippen MR) is 75.1 cm³/mol. The number of nitrogens with two attached hydrogens (primary N) is 1. The number of nitrogen functional groups attached to an aromatic ring is 1. The van der Waals surface area contributed by atoms with Crippen LogP contribution in [0.3, 0.4) is 0 Å². The minimum Gasteiger partial charge on any atom is -0.463 e. The van der Waals surface area contributed by atoms with E-state index in [1.54, 1.807) is 0 Å². The smallest absolute Gasteiger partial charge is 0.323 e. The molecule has 1 aromatic rings. The van der Waals surface area contributed by atoms with E-state index < -0.39 is 0 Å². The largest absolute Gasteiger partial charge is 0.463 e. The molecule has 0 aromatic carbocycles. The normalized spacial score (nSPS) is 23.1. The van der Waals surface area contributed by atoms with Crippen LogP contribution in [-0.2, 0) is 0 Å². The summed E-state index contributed by atoms with van der Waals surface area (Å²) in [4.78, 5) is 12.4. The minimum atomic E-state index is 0.201. The number of ether oxygens (including phenoxy) is 1. The number of hydrogen-bond donors (Lipinski definition) is 2. The maximum atomic E-state index is 5.68. The van der Waals surface area contributed by atoms with Gasteiger partial charge in [-0.1, -0.05) is 26.7 Å². The van der Waals surface area contributed by atoms with Crippen LogP contribution < -0.4 is 15.8 Å². The second-order valence-electron chi connectivity index (χ2n) is 5.26. The van der Waals surface area contributed by atoms with E-state index in [4.69, 9.17) is 10.5 Å². The molecular weight excluding hydrogens is 242 g/mol. The molecular formula is C13H23N5O. The summed E-state index contributed by atoms with van der Waals surface area (Å²) in [6, 6.07) is 0.727. The zero-order valence-electron chi connectivity index (χ0n) is 11.7. The maximum Gasteiger partial charge on any atom is 0.323 e. The van der Waals surface area contributed by atoms with Crippen molar-refractivity contribution in [3.05, 3.63) is 0 Å². The average Bonchev–Trinajstić information content (AvgIpc) is 2.35. The summed E-state index contributed by atoms with van der Waals surface area (Å²) in [7, 11) is 0. The Labute approximate surface area is 114 Å². The summed E-state index contributed by atoms with van der Waals surface area (Å²) in [5, 5.41) is 3.35. The highest BCUT2D eigenvalue weighted by Crippen LogP contribution is 2.25. The van der Waals surface area contributed by atoms with E-state index >= 15 is 0 Å². The summed E-state index contributed by atoms with van der Waals surface area (Å²) in [6.45, 7) is 4.90. The number of anilines is 2. The van der Waals surface area contributed by atoms with Gasteiger partial charge in [0.1, 0.15) is 0 Å². The van der Waals surface area contributed by atoms with Crippen molar-refractivity contribution in [2.24, 2.45) is 5.92 Å². The highest BCUT2D eigenvalue weighted by Gasteiger charge is 2.19. The first-order valence-electron chi connectivity index (χ1n) is 7.08. The quantitative estimate of drug-likeness (QED) is 0.849. The van der Waals surface area contributed by atoms with E-state index in [0.29, 0.717) is 24.6 Å². The lowest BCUT2D eigenvalue weighted by atomic mass is 9.87. The molecule has 6 nitrogen and oxygen atoms in total. The molecule has 2 rings (SSSR count). The highest BCUT2D eigenvalue weighted by molar-refractivity contribution is 5.33. The van der Waals surface area contributed by atoms with Gasteiger partial charge in [0.25, 0.3) is 0 Å². The van der Waals surface area contributed by atoms with Crippen LogP contribution in [0.15, 0.2) is 0 Å². The highest BCUT2D eigenvalue weighted by atomic mass is 16.5. The Balaban J connectivity index is 2.00. The van der Waals surface area contributed by atoms with E-state index in [0.717, 1.165) is 25.2 Å². The van der Waals surface area contributed by atoms with Crippen molar-refractivity contribution >= 4 is 11.9 Å². The van der Waals surface area contributed by atoms with Gasteiger partial charge < -0.3 is 15.8 Å². The van der Waals surface area contributed by atoms with Crippen molar-refractivity contribution in [2.45, 2.75) is 52.0 Å². The third-order valence-corrected chi connectivity index (χ3v) is 3.34. The first kappa shape index (κ1) is 13.8. The first-order valence-corrected chi connectivity index (χ1v) is 7.08. The van der Waals surface area contributed by atoms with Gasteiger partial charge in [-0.05, 0) is 25.2 Å². The lowest BCUT2D eigenvalue weighted by molar-refractivity contribution is 0.292. The van der Waals surface area contributed by atoms with Crippen LogP contribution in [0.1, 0.15) is 46.0 Å². The molecule has 0 aliphatic heterocycles. The molecule has 0 spiro atoms. The van der Waals surface area contributed by atoms with Gasteiger partial charge in [0.05, 0.1) is 6.61 Å². The number of rotatable bonds is 5. The molecule has 0 bridgehead atoms. The SMILES string of the molecule is CCCOc1nc(N)nc(NC2CCCC(C)C2)n1. The van der Waals surface area contributed by atoms with Crippen LogP contribution in [-0.4, -0.2) is 27.6 Å². The summed E-state index contributed by atoms with van der Waals surface area (Å²) in [5.41, 5.74) is 5.68. The predicted octanol–water partition coefficient (Wildman–Crippen LogP) is 2.23. The Morgan fingerprint density at radius 2 is 2.16 bits per heavy atom. The summed E-state index contributed by atoms with van der Waals surface area (Å²) in [6.07, 6.45) is 5.77. The summed E-state index contributed by atoms with van der Waals surface area (Å²) >= 11 is 0. The van der Waals surface area contributed by atoms with Gasteiger partial charge in [-0.25, -0.2) is 0 Å². The van der Waals surface area contributed by atoms with Gasteiger partial charge in [0, 0.05) is 6.04 Å². The van der Waals surface area contributed by atoms with Gasteiger partial charge in [-0.15, -0.1) is 0 Å². The molecule has 0 saturated heterocycles. The van der Waals surface area contributed by atoms with Crippen LogP contribution >= 0.6 is 0 Å². The molecule has 2 atom stereocenters. The zero-order valence-corrected chi connectivity index (χ0v) is 11.7. The molecule has 19 heavy (non-hydrogen) atoms. The molecule has 1 fully saturated rings. The molecule has 1 aliphatic carbocycles. The van der Waals surface area contributed by atoms with Gasteiger partial charge >= 0.3 is 6.01 Å². The Morgan fingerprint density at radius 3 is 2.89 bits per heavy atom. The van der Waals surface area contributed by atoms with Crippen LogP contribution in [0.25, 0.3) is 0 Å². The third kappa shape index (κ3) is 4.22. The summed E-state index contributed by atoms with van der Waals surface area (Å²) in [5.74, 6) is 1.48. The number of nitrogens with one attached hydrogen (secondary N) is 1. The van der Waals surface area contributed by atoms with E-state index in [1.807, 2.05) is 6.92 Å². The zero-order chi connectivity index (χ0) is 13.7. The van der Waals surface area contributed by atoms with Crippen molar-refractivity contribution in [2.75, 3.05) is 17.7 Å². The lowest BCUT2D eigenvalue weighted by Gasteiger charge is -2.27. The van der Waals surface area contributed by atoms with Gasteiger partial charge in [-0.2, -0.15) is 15.0 Å². The molecule has 0 radical (unpaired) electrons. The molecule has 1 heterocycles. The van der Waals surface area contributed by atoms with Crippen LogP contribution in [0.2, 0.25) is 0 Å². The molecule has 6 heteroatoms. The standard InChI is InChI=1S/C13H23N5O/c1-3-7-19-13-17-11(14)16-12(18-13)15-10-6-4-5-9(2)8-10/h9-10H,3-8H2,1-2H3,(H3,14,15,16,17,18). The van der Waals surface area contributed by atoms with E-state index in [1.165, 1.54) is 12.8 Å². The fraction of sp³-hybridized carbons (Fsp3) is 0.769. The Kier molecular flexibility index (Phi) is 4.76. The first-order chi connectivity index (χ1) is 9.17. The topological polar surface area (TPSA) is 86.0 Å². The van der Waals surface area contributed by atoms with Crippen molar-refractivity contribution in [1.82, 2.24) is 15.0 Å². The van der Waals surface area contributed by atoms with Gasteiger partial charge in [0.2, 0.25) is 11.9 Å². The average molecular weight is 265 g/mol. The third-order valence-electron chi connectivity index (χ3n) is 3.34.